The number of unbranched alkanes of at least 4 members (excludes halogenated alkanes) is 1. The number of ether oxygens (including phenoxy) is 2. The quantitative estimate of drug-likeness (QED) is 0.437. The fourth-order valence-electron chi connectivity index (χ4n) is 0.496. The number of carbonyl (C=O) groups excluding carboxylic acids is 2. The predicted octanol–water partition coefficient (Wildman–Crippen LogP) is 4.16. The Bertz CT molecular complexity index is 243. The van der Waals surface area contributed by atoms with Crippen LogP contribution in [-0.4, -0.2) is 11.9 Å². The van der Waals surface area contributed by atoms with Crippen LogP contribution in [-0.2, 0) is 19.1 Å². The normalized spacial score (nSPS) is 7.32. The summed E-state index contributed by atoms with van der Waals surface area (Å²) in [7, 11) is 0. The highest BCUT2D eigenvalue weighted by atomic mass is 16.5. The van der Waals surface area contributed by atoms with Crippen molar-refractivity contribution in [3.63, 3.8) is 0 Å². The van der Waals surface area contributed by atoms with Gasteiger partial charge in [0.2, 0.25) is 0 Å². The molecule has 0 fully saturated rings. The molecule has 0 aliphatic carbocycles. The monoisotopic (exact) mass is 270 g/mol. The number of esters is 2. The van der Waals surface area contributed by atoms with E-state index in [4.69, 9.17) is 0 Å². The van der Waals surface area contributed by atoms with E-state index in [0.717, 1.165) is 19.1 Å². The lowest BCUT2D eigenvalue weighted by atomic mass is 10.3. The van der Waals surface area contributed by atoms with Crippen LogP contribution in [0.3, 0.4) is 0 Å². The van der Waals surface area contributed by atoms with Gasteiger partial charge in [0.1, 0.15) is 0 Å². The van der Waals surface area contributed by atoms with E-state index in [9.17, 15) is 9.59 Å². The topological polar surface area (TPSA) is 52.6 Å². The molecule has 4 heteroatoms. The van der Waals surface area contributed by atoms with E-state index < -0.39 is 0 Å². The zero-order valence-electron chi connectivity index (χ0n) is 12.3. The molecule has 0 amide bonds. The molecular weight excluding hydrogens is 244 g/mol. The van der Waals surface area contributed by atoms with Crippen LogP contribution < -0.4 is 0 Å². The third-order valence-corrected chi connectivity index (χ3v) is 1.03. The van der Waals surface area contributed by atoms with Crippen LogP contribution in [0.4, 0.5) is 0 Å². The van der Waals surface area contributed by atoms with Gasteiger partial charge in [0.15, 0.2) is 0 Å². The second-order valence-electron chi connectivity index (χ2n) is 2.55. The van der Waals surface area contributed by atoms with Crippen LogP contribution in [0.15, 0.2) is 51.5 Å². The first-order valence-electron chi connectivity index (χ1n) is 5.64. The standard InChI is InChI=1S/C7H12O2.C4H6O2.2C2H4/c1-3-4-5-6-9-7(2)8;1-3-6-4(2)5;2*1-2/h5-6H,3-4H2,1-2H3;3H,1H2,2H3;2*1-2H2. The molecule has 0 radical (unpaired) electrons. The highest BCUT2D eigenvalue weighted by Crippen LogP contribution is 1.88. The molecule has 0 spiro atoms. The minimum atomic E-state index is -0.329. The van der Waals surface area contributed by atoms with Gasteiger partial charge in [-0.2, -0.15) is 0 Å². The Morgan fingerprint density at radius 3 is 1.63 bits per heavy atom. The molecule has 0 aromatic heterocycles. The number of hydrogen-bond donors (Lipinski definition) is 0. The van der Waals surface area contributed by atoms with Crippen LogP contribution in [0, 0.1) is 0 Å². The van der Waals surface area contributed by atoms with Gasteiger partial charge in [0, 0.05) is 13.8 Å². The summed E-state index contributed by atoms with van der Waals surface area (Å²) in [5, 5.41) is 0. The molecule has 0 saturated heterocycles. The molecule has 110 valence electrons. The van der Waals surface area contributed by atoms with E-state index >= 15 is 0 Å². The molecule has 0 aliphatic rings. The summed E-state index contributed by atoms with van der Waals surface area (Å²) in [6.07, 6.45) is 6.42. The first-order valence-corrected chi connectivity index (χ1v) is 5.64. The Labute approximate surface area is 117 Å². The van der Waals surface area contributed by atoms with Gasteiger partial charge in [-0.3, -0.25) is 9.59 Å². The summed E-state index contributed by atoms with van der Waals surface area (Å²) in [5.41, 5.74) is 0. The molecule has 0 heterocycles. The van der Waals surface area contributed by atoms with Gasteiger partial charge >= 0.3 is 11.9 Å². The van der Waals surface area contributed by atoms with E-state index in [1.54, 1.807) is 0 Å². The van der Waals surface area contributed by atoms with E-state index in [-0.39, 0.29) is 11.9 Å². The van der Waals surface area contributed by atoms with Gasteiger partial charge in [-0.25, -0.2) is 0 Å². The van der Waals surface area contributed by atoms with Gasteiger partial charge < -0.3 is 9.47 Å². The number of allylic oxidation sites excluding steroid dienone is 1. The largest absolute Gasteiger partial charge is 0.435 e. The van der Waals surface area contributed by atoms with Crippen molar-refractivity contribution in [2.75, 3.05) is 0 Å². The second kappa shape index (κ2) is 29.7. The molecule has 4 nitrogen and oxygen atoms in total. The Morgan fingerprint density at radius 1 is 1.00 bits per heavy atom. The lowest BCUT2D eigenvalue weighted by Gasteiger charge is -1.88. The van der Waals surface area contributed by atoms with Crippen LogP contribution in [0.2, 0.25) is 0 Å². The van der Waals surface area contributed by atoms with Crippen molar-refractivity contribution in [3.05, 3.63) is 51.5 Å². The van der Waals surface area contributed by atoms with E-state index in [1.165, 1.54) is 20.1 Å². The highest BCUT2D eigenvalue weighted by Gasteiger charge is 1.82. The SMILES string of the molecule is C=C.C=C.C=COC(C)=O.CCCC=COC(C)=O. The van der Waals surface area contributed by atoms with Crippen molar-refractivity contribution in [2.24, 2.45) is 0 Å². The zero-order valence-corrected chi connectivity index (χ0v) is 12.3. The van der Waals surface area contributed by atoms with Crippen molar-refractivity contribution in [1.29, 1.82) is 0 Å². The first-order chi connectivity index (χ1) is 9.04. The van der Waals surface area contributed by atoms with E-state index in [0.29, 0.717) is 0 Å². The molecule has 0 aromatic rings. The lowest BCUT2D eigenvalue weighted by Crippen LogP contribution is -1.88. The minimum absolute atomic E-state index is 0.262. The number of rotatable bonds is 4. The Hall–Kier alpha value is -2.10. The van der Waals surface area contributed by atoms with Crippen molar-refractivity contribution in [3.8, 4) is 0 Å². The average molecular weight is 270 g/mol. The maximum Gasteiger partial charge on any atom is 0.307 e. The van der Waals surface area contributed by atoms with Gasteiger partial charge in [-0.1, -0.05) is 19.9 Å². The van der Waals surface area contributed by atoms with Gasteiger partial charge in [0.25, 0.3) is 0 Å². The number of hydrogen-bond acceptors (Lipinski definition) is 4. The maximum absolute atomic E-state index is 10.1. The second-order valence-corrected chi connectivity index (χ2v) is 2.55. The summed E-state index contributed by atoms with van der Waals surface area (Å²) in [6.45, 7) is 19.9. The fourth-order valence-corrected chi connectivity index (χ4v) is 0.496. The molecular formula is C15H26O4. The average Bonchev–Trinajstić information content (AvgIpc) is 2.40. The summed E-state index contributed by atoms with van der Waals surface area (Å²) < 4.78 is 8.69. The van der Waals surface area contributed by atoms with Crippen LogP contribution in [0.5, 0.6) is 0 Å². The smallest absolute Gasteiger partial charge is 0.307 e. The fraction of sp³-hybridized carbons (Fsp3) is 0.333. The van der Waals surface area contributed by atoms with E-state index in [2.05, 4.69) is 49.3 Å². The van der Waals surface area contributed by atoms with Crippen molar-refractivity contribution >= 4 is 11.9 Å². The van der Waals surface area contributed by atoms with Gasteiger partial charge in [-0.05, 0) is 12.5 Å². The van der Waals surface area contributed by atoms with Crippen LogP contribution in [0.25, 0.3) is 0 Å². The molecule has 0 saturated carbocycles. The van der Waals surface area contributed by atoms with E-state index in [1.807, 2.05) is 6.08 Å². The first kappa shape index (κ1) is 25.7. The molecule has 0 unspecified atom stereocenters. The third kappa shape index (κ3) is 64.5. The van der Waals surface area contributed by atoms with Crippen LogP contribution in [0.1, 0.15) is 33.6 Å². The van der Waals surface area contributed by atoms with Crippen molar-refractivity contribution < 1.29 is 19.1 Å². The molecule has 19 heavy (non-hydrogen) atoms. The molecule has 0 N–H and O–H groups in total. The maximum atomic E-state index is 10.1. The summed E-state index contributed by atoms with van der Waals surface area (Å²) >= 11 is 0. The molecule has 0 aromatic carbocycles. The predicted molar refractivity (Wildman–Crippen MR) is 80.3 cm³/mol. The summed E-state index contributed by atoms with van der Waals surface area (Å²) in [5.74, 6) is -0.590. The molecule has 0 bridgehead atoms. The zero-order chi connectivity index (χ0) is 16.1. The molecule has 0 atom stereocenters. The van der Waals surface area contributed by atoms with Crippen molar-refractivity contribution in [2.45, 2.75) is 33.6 Å². The van der Waals surface area contributed by atoms with Gasteiger partial charge in [-0.15, -0.1) is 26.3 Å². The Balaban J connectivity index is -0.0000000977. The lowest BCUT2D eigenvalue weighted by molar-refractivity contribution is -0.136. The summed E-state index contributed by atoms with van der Waals surface area (Å²) in [4.78, 5) is 19.9. The minimum Gasteiger partial charge on any atom is -0.435 e. The summed E-state index contributed by atoms with van der Waals surface area (Å²) in [6, 6.07) is 0. The Morgan fingerprint density at radius 2 is 1.42 bits per heavy atom. The van der Waals surface area contributed by atoms with Gasteiger partial charge in [0.05, 0.1) is 12.5 Å². The molecule has 0 rings (SSSR count). The third-order valence-electron chi connectivity index (χ3n) is 1.03. The molecule has 0 aliphatic heterocycles. The van der Waals surface area contributed by atoms with Crippen molar-refractivity contribution in [1.82, 2.24) is 0 Å². The number of carbonyl (C=O) groups is 2. The van der Waals surface area contributed by atoms with Crippen LogP contribution >= 0.6 is 0 Å². The highest BCUT2D eigenvalue weighted by molar-refractivity contribution is 5.66. The Kier molecular flexibility index (Phi) is 40.1.